The Morgan fingerprint density at radius 3 is 1.93 bits per heavy atom. The highest BCUT2D eigenvalue weighted by Gasteiger charge is 2.24. The van der Waals surface area contributed by atoms with E-state index < -0.39 is 22.6 Å². The van der Waals surface area contributed by atoms with E-state index in [0.29, 0.717) is 0 Å². The summed E-state index contributed by atoms with van der Waals surface area (Å²) in [6.07, 6.45) is 0. The molecule has 0 amide bonds. The van der Waals surface area contributed by atoms with Crippen LogP contribution in [0.3, 0.4) is 0 Å². The van der Waals surface area contributed by atoms with Gasteiger partial charge in [-0.1, -0.05) is 12.1 Å². The van der Waals surface area contributed by atoms with Crippen molar-refractivity contribution in [2.45, 2.75) is 0 Å². The molecular weight excluding hydrogens is 232 g/mol. The van der Waals surface area contributed by atoms with Gasteiger partial charge in [0, 0.05) is 5.69 Å². The van der Waals surface area contributed by atoms with Gasteiger partial charge in [-0.3, -0.25) is 4.72 Å². The van der Waals surface area contributed by atoms with E-state index in [-0.39, 0.29) is 5.69 Å². The topological polar surface area (TPSA) is 72.2 Å². The van der Waals surface area contributed by atoms with Gasteiger partial charge in [-0.15, -0.1) is 5.46 Å². The normalized spacial score (nSPS) is 12.5. The summed E-state index contributed by atoms with van der Waals surface area (Å²) in [5.41, 5.74) is -0.809. The Kier molecular flexibility index (Phi) is 2.96. The number of hydrogen-bond donors (Lipinski definition) is 2. The molecule has 0 unspecified atom stereocenters. The van der Waals surface area contributed by atoms with Crippen molar-refractivity contribution in [3.8, 4) is 0 Å². The van der Waals surface area contributed by atoms with Gasteiger partial charge in [0.2, 0.25) is 0 Å². The fourth-order valence-electron chi connectivity index (χ4n) is 0.934. The molecule has 0 saturated heterocycles. The van der Waals surface area contributed by atoms with Gasteiger partial charge in [-0.25, -0.2) is 5.14 Å². The summed E-state index contributed by atoms with van der Waals surface area (Å²) in [6.45, 7) is -5.06. The molecule has 1 aromatic carbocycles. The molecule has 0 aliphatic heterocycles. The number of halogens is 3. The van der Waals surface area contributed by atoms with E-state index >= 15 is 0 Å². The third-order valence-electron chi connectivity index (χ3n) is 1.55. The molecule has 0 aliphatic carbocycles. The summed E-state index contributed by atoms with van der Waals surface area (Å²) in [5, 5.41) is 4.63. The third-order valence-corrected chi connectivity index (χ3v) is 2.07. The van der Waals surface area contributed by atoms with Crippen LogP contribution >= 0.6 is 0 Å². The zero-order chi connectivity index (χ0) is 11.7. The molecule has 0 atom stereocenters. The highest BCUT2D eigenvalue weighted by molar-refractivity contribution is 7.90. The summed E-state index contributed by atoms with van der Waals surface area (Å²) in [5.74, 6) is 0. The monoisotopic (exact) mass is 239 g/mol. The fourth-order valence-corrected chi connectivity index (χ4v) is 1.40. The summed E-state index contributed by atoms with van der Waals surface area (Å²) >= 11 is 0. The van der Waals surface area contributed by atoms with Gasteiger partial charge in [-0.2, -0.15) is 8.42 Å². The maximum absolute atomic E-state index is 12.2. The van der Waals surface area contributed by atoms with Crippen molar-refractivity contribution in [1.82, 2.24) is 0 Å². The SMILES string of the molecule is NS(=O)(=O)Nc1ccc([B-](F)(F)F)cc1. The highest BCUT2D eigenvalue weighted by Crippen LogP contribution is 2.12. The number of nitrogens with two attached hydrogens (primary N) is 1. The molecule has 4 nitrogen and oxygen atoms in total. The number of nitrogens with one attached hydrogen (secondary N) is 1. The lowest BCUT2D eigenvalue weighted by atomic mass is 9.80. The van der Waals surface area contributed by atoms with Crippen LogP contribution in [0.5, 0.6) is 0 Å². The molecule has 0 aliphatic rings. The van der Waals surface area contributed by atoms with Crippen molar-refractivity contribution in [2.24, 2.45) is 5.14 Å². The molecule has 0 heterocycles. The zero-order valence-electron chi connectivity index (χ0n) is 7.32. The summed E-state index contributed by atoms with van der Waals surface area (Å²) in [6, 6.07) is 3.56. The summed E-state index contributed by atoms with van der Waals surface area (Å²) in [7, 11) is -3.95. The van der Waals surface area contributed by atoms with Crippen LogP contribution in [-0.2, 0) is 10.2 Å². The molecule has 9 heteroatoms. The first-order chi connectivity index (χ1) is 6.68. The predicted molar refractivity (Wildman–Crippen MR) is 51.9 cm³/mol. The van der Waals surface area contributed by atoms with E-state index in [1.165, 1.54) is 0 Å². The Hall–Kier alpha value is -1.22. The van der Waals surface area contributed by atoms with Crippen LogP contribution in [0.4, 0.5) is 18.6 Å². The van der Waals surface area contributed by atoms with Crippen molar-refractivity contribution in [1.29, 1.82) is 0 Å². The molecule has 0 aromatic heterocycles. The van der Waals surface area contributed by atoms with E-state index in [1.807, 2.05) is 4.72 Å². The quantitative estimate of drug-likeness (QED) is 0.747. The molecule has 0 fully saturated rings. The van der Waals surface area contributed by atoms with Crippen molar-refractivity contribution >= 4 is 28.3 Å². The Balaban J connectivity index is 2.91. The largest absolute Gasteiger partial charge is 0.509 e. The van der Waals surface area contributed by atoms with Gasteiger partial charge in [0.25, 0.3) is 10.2 Å². The number of rotatable bonds is 3. The fraction of sp³-hybridized carbons (Fsp3) is 0. The number of hydrogen-bond acceptors (Lipinski definition) is 2. The van der Waals surface area contributed by atoms with Crippen LogP contribution in [0.15, 0.2) is 24.3 Å². The minimum absolute atomic E-state index is 0.0127. The van der Waals surface area contributed by atoms with Crippen LogP contribution in [0.25, 0.3) is 0 Å². The summed E-state index contributed by atoms with van der Waals surface area (Å²) in [4.78, 5) is 0. The first-order valence-electron chi connectivity index (χ1n) is 3.79. The minimum atomic E-state index is -5.06. The molecule has 1 aromatic rings. The number of anilines is 1. The second kappa shape index (κ2) is 3.74. The molecule has 0 radical (unpaired) electrons. The maximum atomic E-state index is 12.2. The molecule has 0 spiro atoms. The number of benzene rings is 1. The lowest BCUT2D eigenvalue weighted by molar-refractivity contribution is 0.501. The van der Waals surface area contributed by atoms with E-state index in [0.717, 1.165) is 24.3 Å². The lowest BCUT2D eigenvalue weighted by Crippen LogP contribution is -2.33. The molecule has 84 valence electrons. The van der Waals surface area contributed by atoms with Crippen LogP contribution < -0.4 is 15.3 Å². The molecule has 15 heavy (non-hydrogen) atoms. The van der Waals surface area contributed by atoms with Crippen LogP contribution in [0.2, 0.25) is 0 Å². The van der Waals surface area contributed by atoms with Gasteiger partial charge in [-0.05, 0) is 12.1 Å². The second-order valence-electron chi connectivity index (χ2n) is 2.84. The highest BCUT2D eigenvalue weighted by atomic mass is 32.2. The molecule has 0 bridgehead atoms. The Bertz CT molecular complexity index is 442. The van der Waals surface area contributed by atoms with E-state index in [2.05, 4.69) is 5.14 Å². The Morgan fingerprint density at radius 1 is 1.13 bits per heavy atom. The maximum Gasteiger partial charge on any atom is 0.509 e. The van der Waals surface area contributed by atoms with E-state index in [9.17, 15) is 21.4 Å². The Morgan fingerprint density at radius 2 is 1.60 bits per heavy atom. The van der Waals surface area contributed by atoms with Gasteiger partial charge in [0.1, 0.15) is 0 Å². The molecule has 0 saturated carbocycles. The standard InChI is InChI=1S/C6H7BF3N2O2S/c8-7(9,10)5-1-3-6(4-2-5)12-15(11,13)14/h1-4,12H,(H2,11,13,14)/q-1. The molecule has 1 rings (SSSR count). The van der Waals surface area contributed by atoms with Gasteiger partial charge < -0.3 is 12.9 Å². The Labute approximate surface area is 84.5 Å². The minimum Gasteiger partial charge on any atom is -0.445 e. The van der Waals surface area contributed by atoms with Crippen molar-refractivity contribution in [3.05, 3.63) is 24.3 Å². The van der Waals surface area contributed by atoms with Gasteiger partial charge in [0.05, 0.1) is 0 Å². The predicted octanol–water partition coefficient (Wildman–Crippen LogP) is 0.356. The van der Waals surface area contributed by atoms with Crippen LogP contribution in [-0.4, -0.2) is 15.4 Å². The third kappa shape index (κ3) is 3.80. The van der Waals surface area contributed by atoms with Crippen molar-refractivity contribution in [3.63, 3.8) is 0 Å². The molecular formula is C6H7BF3N2O2S-. The van der Waals surface area contributed by atoms with Gasteiger partial charge in [0.15, 0.2) is 0 Å². The van der Waals surface area contributed by atoms with Crippen LogP contribution in [0.1, 0.15) is 0 Å². The molecule has 3 N–H and O–H groups in total. The van der Waals surface area contributed by atoms with Gasteiger partial charge >= 0.3 is 6.98 Å². The van der Waals surface area contributed by atoms with E-state index in [4.69, 9.17) is 0 Å². The second-order valence-corrected chi connectivity index (χ2v) is 4.14. The van der Waals surface area contributed by atoms with E-state index in [1.54, 1.807) is 0 Å². The first-order valence-corrected chi connectivity index (χ1v) is 5.33. The first kappa shape index (κ1) is 11.9. The van der Waals surface area contributed by atoms with Crippen LogP contribution in [0, 0.1) is 0 Å². The van der Waals surface area contributed by atoms with Crippen molar-refractivity contribution < 1.29 is 21.4 Å². The lowest BCUT2D eigenvalue weighted by Gasteiger charge is -2.14. The zero-order valence-corrected chi connectivity index (χ0v) is 8.14. The average Bonchev–Trinajstić information content (AvgIpc) is 2.00. The summed E-state index contributed by atoms with van der Waals surface area (Å²) < 4.78 is 59.4. The van der Waals surface area contributed by atoms with Crippen molar-refractivity contribution in [2.75, 3.05) is 4.72 Å². The smallest absolute Gasteiger partial charge is 0.445 e. The average molecular weight is 239 g/mol.